The van der Waals surface area contributed by atoms with Crippen molar-refractivity contribution in [1.29, 1.82) is 0 Å². The monoisotopic (exact) mass is 250 g/mol. The van der Waals surface area contributed by atoms with Gasteiger partial charge in [0.15, 0.2) is 0 Å². The van der Waals surface area contributed by atoms with Gasteiger partial charge in [-0.15, -0.1) is 0 Å². The van der Waals surface area contributed by atoms with E-state index in [1.54, 1.807) is 0 Å². The first-order valence-electron chi connectivity index (χ1n) is 5.89. The van der Waals surface area contributed by atoms with Crippen LogP contribution in [0, 0.1) is 0 Å². The van der Waals surface area contributed by atoms with Gasteiger partial charge in [0.2, 0.25) is 0 Å². The molecule has 0 saturated carbocycles. The van der Waals surface area contributed by atoms with Crippen LogP contribution >= 0.6 is 11.8 Å². The fourth-order valence-electron chi connectivity index (χ4n) is 1.97. The third kappa shape index (κ3) is 2.75. The summed E-state index contributed by atoms with van der Waals surface area (Å²) in [5.74, 6) is 2.24. The van der Waals surface area contributed by atoms with Crippen LogP contribution in [0.5, 0.6) is 0 Å². The standard InChI is InChI=1S/C13H18N2OS/c1-10-9-17-8-7-15(10)13(16)11-3-5-12(14-2)6-4-11/h3-6,10,14H,7-9H2,1-2H3. The zero-order valence-electron chi connectivity index (χ0n) is 10.3. The van der Waals surface area contributed by atoms with Crippen LogP contribution in [0.15, 0.2) is 24.3 Å². The van der Waals surface area contributed by atoms with E-state index in [2.05, 4.69) is 12.2 Å². The summed E-state index contributed by atoms with van der Waals surface area (Å²) in [6.07, 6.45) is 0. The Morgan fingerprint density at radius 3 is 2.71 bits per heavy atom. The van der Waals surface area contributed by atoms with Crippen molar-refractivity contribution in [2.24, 2.45) is 0 Å². The number of hydrogen-bond acceptors (Lipinski definition) is 3. The molecule has 1 aliphatic heterocycles. The molecular weight excluding hydrogens is 232 g/mol. The maximum atomic E-state index is 12.3. The maximum absolute atomic E-state index is 12.3. The molecule has 1 aromatic rings. The van der Waals surface area contributed by atoms with Crippen molar-refractivity contribution in [3.05, 3.63) is 29.8 Å². The van der Waals surface area contributed by atoms with Crippen molar-refractivity contribution in [1.82, 2.24) is 4.90 Å². The molecule has 0 radical (unpaired) electrons. The second-order valence-corrected chi connectivity index (χ2v) is 5.40. The van der Waals surface area contributed by atoms with Crippen LogP contribution in [0.2, 0.25) is 0 Å². The molecule has 1 amide bonds. The predicted molar refractivity (Wildman–Crippen MR) is 73.8 cm³/mol. The van der Waals surface area contributed by atoms with Gasteiger partial charge in [-0.1, -0.05) is 0 Å². The number of benzene rings is 1. The summed E-state index contributed by atoms with van der Waals surface area (Å²) in [7, 11) is 1.88. The van der Waals surface area contributed by atoms with Gasteiger partial charge in [0, 0.05) is 42.4 Å². The lowest BCUT2D eigenvalue weighted by Gasteiger charge is -2.33. The van der Waals surface area contributed by atoms with Gasteiger partial charge in [-0.3, -0.25) is 4.79 Å². The highest BCUT2D eigenvalue weighted by atomic mass is 32.2. The summed E-state index contributed by atoms with van der Waals surface area (Å²) in [6, 6.07) is 8.00. The lowest BCUT2D eigenvalue weighted by Crippen LogP contribution is -2.44. The van der Waals surface area contributed by atoms with E-state index in [0.29, 0.717) is 6.04 Å². The van der Waals surface area contributed by atoms with E-state index in [4.69, 9.17) is 0 Å². The molecule has 17 heavy (non-hydrogen) atoms. The van der Waals surface area contributed by atoms with Crippen LogP contribution in [0.25, 0.3) is 0 Å². The molecule has 92 valence electrons. The molecule has 1 unspecified atom stereocenters. The van der Waals surface area contributed by atoms with Crippen LogP contribution in [0.1, 0.15) is 17.3 Å². The average molecular weight is 250 g/mol. The van der Waals surface area contributed by atoms with Crippen molar-refractivity contribution in [3.8, 4) is 0 Å². The van der Waals surface area contributed by atoms with E-state index in [-0.39, 0.29) is 5.91 Å². The first-order chi connectivity index (χ1) is 8.22. The van der Waals surface area contributed by atoms with Crippen molar-refractivity contribution in [3.63, 3.8) is 0 Å². The smallest absolute Gasteiger partial charge is 0.254 e. The summed E-state index contributed by atoms with van der Waals surface area (Å²) < 4.78 is 0. The SMILES string of the molecule is CNc1ccc(C(=O)N2CCSCC2C)cc1. The van der Waals surface area contributed by atoms with Crippen LogP contribution in [-0.2, 0) is 0 Å². The molecule has 1 aliphatic rings. The quantitative estimate of drug-likeness (QED) is 0.874. The number of amides is 1. The summed E-state index contributed by atoms with van der Waals surface area (Å²) in [4.78, 5) is 14.3. The molecule has 1 N–H and O–H groups in total. The van der Waals surface area contributed by atoms with Crippen LogP contribution in [0.3, 0.4) is 0 Å². The zero-order valence-corrected chi connectivity index (χ0v) is 11.1. The van der Waals surface area contributed by atoms with Gasteiger partial charge in [-0.2, -0.15) is 11.8 Å². The van der Waals surface area contributed by atoms with Gasteiger partial charge >= 0.3 is 0 Å². The molecule has 1 aromatic carbocycles. The zero-order chi connectivity index (χ0) is 12.3. The molecule has 0 aromatic heterocycles. The molecule has 1 atom stereocenters. The molecule has 0 aliphatic carbocycles. The average Bonchev–Trinajstić information content (AvgIpc) is 2.39. The fraction of sp³-hybridized carbons (Fsp3) is 0.462. The van der Waals surface area contributed by atoms with Crippen LogP contribution in [-0.4, -0.2) is 41.9 Å². The minimum atomic E-state index is 0.153. The Labute approximate surface area is 107 Å². The Kier molecular flexibility index (Phi) is 3.94. The second-order valence-electron chi connectivity index (χ2n) is 4.25. The van der Waals surface area contributed by atoms with E-state index in [1.165, 1.54) is 0 Å². The Morgan fingerprint density at radius 2 is 2.12 bits per heavy atom. The molecule has 1 saturated heterocycles. The molecule has 4 heteroatoms. The highest BCUT2D eigenvalue weighted by Crippen LogP contribution is 2.19. The summed E-state index contributed by atoms with van der Waals surface area (Å²) in [6.45, 7) is 2.98. The van der Waals surface area contributed by atoms with Gasteiger partial charge in [0.1, 0.15) is 0 Å². The number of nitrogens with zero attached hydrogens (tertiary/aromatic N) is 1. The molecule has 0 bridgehead atoms. The third-order valence-electron chi connectivity index (χ3n) is 3.05. The lowest BCUT2D eigenvalue weighted by molar-refractivity contribution is 0.0716. The Bertz CT molecular complexity index is 391. The van der Waals surface area contributed by atoms with Crippen LogP contribution < -0.4 is 5.32 Å². The van der Waals surface area contributed by atoms with E-state index < -0.39 is 0 Å². The number of thioether (sulfide) groups is 1. The first-order valence-corrected chi connectivity index (χ1v) is 7.04. The fourth-order valence-corrected chi connectivity index (χ4v) is 2.99. The molecule has 3 nitrogen and oxygen atoms in total. The topological polar surface area (TPSA) is 32.3 Å². The Morgan fingerprint density at radius 1 is 1.41 bits per heavy atom. The number of hydrogen-bond donors (Lipinski definition) is 1. The van der Waals surface area contributed by atoms with E-state index >= 15 is 0 Å². The molecular formula is C13H18N2OS. The highest BCUT2D eigenvalue weighted by Gasteiger charge is 2.24. The number of nitrogens with one attached hydrogen (secondary N) is 1. The maximum Gasteiger partial charge on any atom is 0.254 e. The van der Waals surface area contributed by atoms with E-state index in [0.717, 1.165) is 29.3 Å². The number of carbonyl (C=O) groups excluding carboxylic acids is 1. The van der Waals surface area contributed by atoms with Gasteiger partial charge < -0.3 is 10.2 Å². The summed E-state index contributed by atoms with van der Waals surface area (Å²) in [5, 5.41) is 3.05. The summed E-state index contributed by atoms with van der Waals surface area (Å²) in [5.41, 5.74) is 1.81. The third-order valence-corrected chi connectivity index (χ3v) is 4.24. The van der Waals surface area contributed by atoms with Crippen molar-refractivity contribution < 1.29 is 4.79 Å². The summed E-state index contributed by atoms with van der Waals surface area (Å²) >= 11 is 1.92. The molecule has 1 fully saturated rings. The number of rotatable bonds is 2. The Hall–Kier alpha value is -1.16. The molecule has 0 spiro atoms. The number of carbonyl (C=O) groups is 1. The van der Waals surface area contributed by atoms with Gasteiger partial charge in [0.05, 0.1) is 0 Å². The van der Waals surface area contributed by atoms with Gasteiger partial charge in [-0.25, -0.2) is 0 Å². The molecule has 1 heterocycles. The largest absolute Gasteiger partial charge is 0.388 e. The number of anilines is 1. The van der Waals surface area contributed by atoms with Crippen molar-refractivity contribution in [2.75, 3.05) is 30.4 Å². The van der Waals surface area contributed by atoms with E-state index in [9.17, 15) is 4.79 Å². The van der Waals surface area contributed by atoms with E-state index in [1.807, 2.05) is 48.0 Å². The van der Waals surface area contributed by atoms with Crippen molar-refractivity contribution >= 4 is 23.4 Å². The van der Waals surface area contributed by atoms with Gasteiger partial charge in [0.25, 0.3) is 5.91 Å². The highest BCUT2D eigenvalue weighted by molar-refractivity contribution is 7.99. The lowest BCUT2D eigenvalue weighted by atomic mass is 10.1. The first kappa shape index (κ1) is 12.3. The van der Waals surface area contributed by atoms with Crippen LogP contribution in [0.4, 0.5) is 5.69 Å². The molecule has 2 rings (SSSR count). The normalized spacial score (nSPS) is 20.1. The second kappa shape index (κ2) is 5.45. The van der Waals surface area contributed by atoms with Gasteiger partial charge in [-0.05, 0) is 31.2 Å². The minimum absolute atomic E-state index is 0.153. The predicted octanol–water partition coefficient (Wildman–Crippen LogP) is 2.31. The van der Waals surface area contributed by atoms with Crippen molar-refractivity contribution in [2.45, 2.75) is 13.0 Å². The minimum Gasteiger partial charge on any atom is -0.388 e. The Balaban J connectivity index is 2.12.